The lowest BCUT2D eigenvalue weighted by molar-refractivity contribution is -0.127. The summed E-state index contributed by atoms with van der Waals surface area (Å²) in [6.45, 7) is 1.78. The smallest absolute Gasteiger partial charge is 0.161 e. The first-order valence-corrected chi connectivity index (χ1v) is 5.12. The number of phenols is 1. The van der Waals surface area contributed by atoms with Gasteiger partial charge in [-0.1, -0.05) is 19.1 Å². The molecule has 1 aromatic rings. The molecule has 0 fully saturated rings. The molecule has 0 saturated heterocycles. The van der Waals surface area contributed by atoms with Crippen LogP contribution in [0.5, 0.6) is 5.75 Å². The Morgan fingerprint density at radius 2 is 1.93 bits per heavy atom. The number of hydrogen-bond donors (Lipinski definition) is 2. The number of phenolic OH excluding ortho intramolecular Hbond substituents is 1. The summed E-state index contributed by atoms with van der Waals surface area (Å²) >= 11 is 0. The van der Waals surface area contributed by atoms with Gasteiger partial charge in [-0.2, -0.15) is 0 Å². The molecule has 1 unspecified atom stereocenters. The van der Waals surface area contributed by atoms with Crippen LogP contribution in [-0.2, 0) is 11.2 Å². The third-order valence-electron chi connectivity index (χ3n) is 2.35. The number of aliphatic hydroxyl groups is 1. The third kappa shape index (κ3) is 3.72. The maximum absolute atomic E-state index is 11.3. The van der Waals surface area contributed by atoms with Crippen molar-refractivity contribution < 1.29 is 15.0 Å². The van der Waals surface area contributed by atoms with Gasteiger partial charge in [0.05, 0.1) is 0 Å². The average molecular weight is 208 g/mol. The van der Waals surface area contributed by atoms with Crippen LogP contribution < -0.4 is 0 Å². The van der Waals surface area contributed by atoms with E-state index in [2.05, 4.69) is 0 Å². The second kappa shape index (κ2) is 5.51. The summed E-state index contributed by atoms with van der Waals surface area (Å²) in [6.07, 6.45) is 0.590. The predicted octanol–water partition coefficient (Wildman–Crippen LogP) is 1.66. The van der Waals surface area contributed by atoms with Crippen LogP contribution in [-0.4, -0.2) is 22.1 Å². The minimum Gasteiger partial charge on any atom is -0.508 e. The number of rotatable bonds is 5. The van der Waals surface area contributed by atoms with Crippen molar-refractivity contribution in [1.82, 2.24) is 0 Å². The molecule has 0 amide bonds. The second-order valence-electron chi connectivity index (χ2n) is 3.56. The van der Waals surface area contributed by atoms with Crippen LogP contribution in [0.25, 0.3) is 0 Å². The molecule has 0 radical (unpaired) electrons. The number of ketones is 1. The molecular weight excluding hydrogens is 192 g/mol. The Hall–Kier alpha value is -1.35. The van der Waals surface area contributed by atoms with Gasteiger partial charge in [-0.25, -0.2) is 0 Å². The summed E-state index contributed by atoms with van der Waals surface area (Å²) in [5, 5.41) is 18.3. The number of benzene rings is 1. The van der Waals surface area contributed by atoms with E-state index in [0.29, 0.717) is 19.3 Å². The Labute approximate surface area is 89.4 Å². The Bertz CT molecular complexity index is 316. The fourth-order valence-electron chi connectivity index (χ4n) is 1.32. The van der Waals surface area contributed by atoms with Gasteiger partial charge < -0.3 is 10.2 Å². The Balaban J connectivity index is 2.43. The number of aryl methyl sites for hydroxylation is 1. The zero-order valence-electron chi connectivity index (χ0n) is 8.81. The summed E-state index contributed by atoms with van der Waals surface area (Å²) in [4.78, 5) is 11.3. The van der Waals surface area contributed by atoms with Crippen LogP contribution in [0.1, 0.15) is 25.3 Å². The zero-order valence-corrected chi connectivity index (χ0v) is 8.81. The fourth-order valence-corrected chi connectivity index (χ4v) is 1.32. The lowest BCUT2D eigenvalue weighted by atomic mass is 10.0. The van der Waals surface area contributed by atoms with E-state index in [1.807, 2.05) is 0 Å². The quantitative estimate of drug-likeness (QED) is 0.773. The van der Waals surface area contributed by atoms with E-state index >= 15 is 0 Å². The van der Waals surface area contributed by atoms with Gasteiger partial charge in [0.15, 0.2) is 5.78 Å². The highest BCUT2D eigenvalue weighted by Gasteiger charge is 2.11. The highest BCUT2D eigenvalue weighted by Crippen LogP contribution is 2.11. The van der Waals surface area contributed by atoms with Crippen LogP contribution in [0.15, 0.2) is 24.3 Å². The van der Waals surface area contributed by atoms with E-state index in [1.165, 1.54) is 0 Å². The van der Waals surface area contributed by atoms with Crippen LogP contribution in [0.3, 0.4) is 0 Å². The molecule has 15 heavy (non-hydrogen) atoms. The number of carbonyl (C=O) groups is 1. The van der Waals surface area contributed by atoms with E-state index in [1.54, 1.807) is 31.2 Å². The Morgan fingerprint density at radius 3 is 2.47 bits per heavy atom. The lowest BCUT2D eigenvalue weighted by Gasteiger charge is -2.06. The van der Waals surface area contributed by atoms with Gasteiger partial charge in [-0.15, -0.1) is 0 Å². The van der Waals surface area contributed by atoms with Crippen molar-refractivity contribution >= 4 is 5.78 Å². The van der Waals surface area contributed by atoms with E-state index < -0.39 is 6.10 Å². The molecule has 1 aromatic carbocycles. The maximum Gasteiger partial charge on any atom is 0.161 e. The first-order chi connectivity index (χ1) is 7.13. The van der Waals surface area contributed by atoms with E-state index in [0.717, 1.165) is 5.56 Å². The third-order valence-corrected chi connectivity index (χ3v) is 2.35. The summed E-state index contributed by atoms with van der Waals surface area (Å²) in [6, 6.07) is 6.74. The summed E-state index contributed by atoms with van der Waals surface area (Å²) < 4.78 is 0. The van der Waals surface area contributed by atoms with Crippen molar-refractivity contribution in [3.63, 3.8) is 0 Å². The predicted molar refractivity (Wildman–Crippen MR) is 57.7 cm³/mol. The molecular formula is C12H16O3. The van der Waals surface area contributed by atoms with Crippen LogP contribution in [0, 0.1) is 0 Å². The van der Waals surface area contributed by atoms with Gasteiger partial charge in [0.2, 0.25) is 0 Å². The van der Waals surface area contributed by atoms with Gasteiger partial charge in [0.1, 0.15) is 11.9 Å². The van der Waals surface area contributed by atoms with Gasteiger partial charge >= 0.3 is 0 Å². The molecule has 1 atom stereocenters. The van der Waals surface area contributed by atoms with Crippen molar-refractivity contribution in [1.29, 1.82) is 0 Å². The Kier molecular flexibility index (Phi) is 4.31. The summed E-state index contributed by atoms with van der Waals surface area (Å²) in [7, 11) is 0. The SMILES string of the molecule is CCC(O)C(=O)CCc1ccc(O)cc1. The highest BCUT2D eigenvalue weighted by atomic mass is 16.3. The van der Waals surface area contributed by atoms with Crippen molar-refractivity contribution in [2.45, 2.75) is 32.3 Å². The lowest BCUT2D eigenvalue weighted by Crippen LogP contribution is -2.19. The topological polar surface area (TPSA) is 57.5 Å². The van der Waals surface area contributed by atoms with Crippen molar-refractivity contribution in [3.05, 3.63) is 29.8 Å². The number of aromatic hydroxyl groups is 1. The summed E-state index contributed by atoms with van der Waals surface area (Å²) in [5.41, 5.74) is 0.990. The molecule has 0 bridgehead atoms. The average Bonchev–Trinajstić information content (AvgIpc) is 2.26. The normalized spacial score (nSPS) is 12.4. The van der Waals surface area contributed by atoms with E-state index in [4.69, 9.17) is 5.11 Å². The van der Waals surface area contributed by atoms with Gasteiger partial charge in [-0.3, -0.25) is 4.79 Å². The first kappa shape index (κ1) is 11.7. The molecule has 0 saturated carbocycles. The molecule has 82 valence electrons. The number of carbonyl (C=O) groups excluding carboxylic acids is 1. The van der Waals surface area contributed by atoms with Crippen molar-refractivity contribution in [2.24, 2.45) is 0 Å². The molecule has 0 aliphatic rings. The Morgan fingerprint density at radius 1 is 1.33 bits per heavy atom. The standard InChI is InChI=1S/C12H16O3/c1-2-11(14)12(15)8-5-9-3-6-10(13)7-4-9/h3-4,6-7,11,13-14H,2,5,8H2,1H3. The molecule has 0 aliphatic heterocycles. The number of Topliss-reactive ketones (excluding diaryl/α,β-unsaturated/α-hetero) is 1. The van der Waals surface area contributed by atoms with Gasteiger partial charge in [0.25, 0.3) is 0 Å². The molecule has 2 N–H and O–H groups in total. The maximum atomic E-state index is 11.3. The molecule has 3 nitrogen and oxygen atoms in total. The van der Waals surface area contributed by atoms with Crippen molar-refractivity contribution in [2.75, 3.05) is 0 Å². The molecule has 0 aliphatic carbocycles. The first-order valence-electron chi connectivity index (χ1n) is 5.12. The second-order valence-corrected chi connectivity index (χ2v) is 3.56. The van der Waals surface area contributed by atoms with Crippen molar-refractivity contribution in [3.8, 4) is 5.75 Å². The van der Waals surface area contributed by atoms with Crippen LogP contribution >= 0.6 is 0 Å². The minimum absolute atomic E-state index is 0.120. The molecule has 0 spiro atoms. The van der Waals surface area contributed by atoms with Crippen LogP contribution in [0.2, 0.25) is 0 Å². The summed E-state index contributed by atoms with van der Waals surface area (Å²) in [5.74, 6) is 0.101. The van der Waals surface area contributed by atoms with E-state index in [-0.39, 0.29) is 11.5 Å². The largest absolute Gasteiger partial charge is 0.508 e. The number of hydrogen-bond acceptors (Lipinski definition) is 3. The number of aliphatic hydroxyl groups excluding tert-OH is 1. The molecule has 0 aromatic heterocycles. The van der Waals surface area contributed by atoms with Crippen LogP contribution in [0.4, 0.5) is 0 Å². The fraction of sp³-hybridized carbons (Fsp3) is 0.417. The molecule has 3 heteroatoms. The monoisotopic (exact) mass is 208 g/mol. The van der Waals surface area contributed by atoms with Gasteiger partial charge in [0, 0.05) is 6.42 Å². The van der Waals surface area contributed by atoms with E-state index in [9.17, 15) is 9.90 Å². The molecule has 0 heterocycles. The zero-order chi connectivity index (χ0) is 11.3. The minimum atomic E-state index is -0.831. The van der Waals surface area contributed by atoms with Gasteiger partial charge in [-0.05, 0) is 30.5 Å². The molecule has 1 rings (SSSR count). The highest BCUT2D eigenvalue weighted by molar-refractivity contribution is 5.82.